The number of nitrogen functional groups attached to an aromatic ring is 1. The molecule has 0 aliphatic heterocycles. The molecule has 3 aromatic rings. The number of nitrogens with one attached hydrogen (secondary N) is 2. The van der Waals surface area contributed by atoms with E-state index < -0.39 is 0 Å². The number of aromatic nitrogens is 2. The van der Waals surface area contributed by atoms with Crippen molar-refractivity contribution in [3.8, 4) is 0 Å². The number of hydrogen-bond donors (Lipinski definition) is 3. The Balaban J connectivity index is 1.30. The number of benzene rings is 2. The van der Waals surface area contributed by atoms with E-state index in [1.54, 1.807) is 6.07 Å². The van der Waals surface area contributed by atoms with Gasteiger partial charge in [-0.25, -0.2) is 9.37 Å². The summed E-state index contributed by atoms with van der Waals surface area (Å²) < 4.78 is 13.9. The van der Waals surface area contributed by atoms with E-state index in [-0.39, 0.29) is 17.6 Å². The third-order valence-corrected chi connectivity index (χ3v) is 6.49. The quantitative estimate of drug-likeness (QED) is 0.456. The lowest BCUT2D eigenvalue weighted by molar-refractivity contribution is -0.118. The van der Waals surface area contributed by atoms with Crippen LogP contribution in [0.1, 0.15) is 61.3 Å². The number of anilines is 2. The van der Waals surface area contributed by atoms with Crippen molar-refractivity contribution < 1.29 is 9.18 Å². The van der Waals surface area contributed by atoms with E-state index in [4.69, 9.17) is 5.73 Å². The lowest BCUT2D eigenvalue weighted by atomic mass is 9.97. The number of hydrogen-bond acceptors (Lipinski definition) is 4. The number of H-pyrrole nitrogens is 1. The van der Waals surface area contributed by atoms with E-state index in [9.17, 15) is 9.18 Å². The molecule has 2 aromatic carbocycles. The van der Waals surface area contributed by atoms with E-state index in [1.165, 1.54) is 37.2 Å². The van der Waals surface area contributed by atoms with Crippen molar-refractivity contribution in [2.24, 2.45) is 5.92 Å². The SMILES string of the molecule is Nc1cc2c(cc1CC(=O)CCCC1CC1)CCC2Nc1ccc(F)c2nc[nH]c12. The van der Waals surface area contributed by atoms with Gasteiger partial charge in [0.05, 0.1) is 23.6 Å². The maximum absolute atomic E-state index is 13.9. The first-order valence-electron chi connectivity index (χ1n) is 10.9. The fourth-order valence-electron chi connectivity index (χ4n) is 4.63. The number of nitrogens with two attached hydrogens (primary N) is 1. The topological polar surface area (TPSA) is 83.8 Å². The Labute approximate surface area is 175 Å². The molecular formula is C24H27FN4O. The summed E-state index contributed by atoms with van der Waals surface area (Å²) in [5, 5.41) is 3.52. The molecule has 1 fully saturated rings. The van der Waals surface area contributed by atoms with Gasteiger partial charge in [-0.2, -0.15) is 0 Å². The Kier molecular flexibility index (Phi) is 4.93. The smallest absolute Gasteiger partial charge is 0.151 e. The lowest BCUT2D eigenvalue weighted by Crippen LogP contribution is -2.10. The summed E-state index contributed by atoms with van der Waals surface area (Å²) in [6, 6.07) is 7.41. The number of aryl methyl sites for hydroxylation is 1. The molecule has 0 radical (unpaired) electrons. The summed E-state index contributed by atoms with van der Waals surface area (Å²) in [7, 11) is 0. The number of aromatic amines is 1. The van der Waals surface area contributed by atoms with Crippen LogP contribution >= 0.6 is 0 Å². The van der Waals surface area contributed by atoms with Crippen molar-refractivity contribution in [2.45, 2.75) is 57.4 Å². The molecule has 2 aliphatic carbocycles. The second kappa shape index (κ2) is 7.74. The van der Waals surface area contributed by atoms with Crippen LogP contribution in [0.4, 0.5) is 15.8 Å². The monoisotopic (exact) mass is 406 g/mol. The van der Waals surface area contributed by atoms with Gasteiger partial charge in [0.2, 0.25) is 0 Å². The molecule has 1 saturated carbocycles. The summed E-state index contributed by atoms with van der Waals surface area (Å²) in [6.07, 6.45) is 9.32. The molecule has 1 unspecified atom stereocenters. The molecule has 0 amide bonds. The van der Waals surface area contributed by atoms with Gasteiger partial charge in [0.15, 0.2) is 5.82 Å². The minimum absolute atomic E-state index is 0.0996. The van der Waals surface area contributed by atoms with E-state index in [0.717, 1.165) is 42.0 Å². The highest BCUT2D eigenvalue weighted by Gasteiger charge is 2.25. The minimum atomic E-state index is -0.334. The zero-order chi connectivity index (χ0) is 20.7. The van der Waals surface area contributed by atoms with Gasteiger partial charge in [0.25, 0.3) is 0 Å². The number of rotatable bonds is 8. The molecule has 1 heterocycles. The van der Waals surface area contributed by atoms with Crippen molar-refractivity contribution in [3.05, 3.63) is 53.1 Å². The fraction of sp³-hybridized carbons (Fsp3) is 0.417. The first-order chi connectivity index (χ1) is 14.6. The van der Waals surface area contributed by atoms with Crippen molar-refractivity contribution in [2.75, 3.05) is 11.1 Å². The number of Topliss-reactive ketones (excluding diaryl/α,β-unsaturated/α-hetero) is 1. The van der Waals surface area contributed by atoms with Crippen LogP contribution < -0.4 is 11.1 Å². The maximum Gasteiger partial charge on any atom is 0.151 e. The molecule has 0 saturated heterocycles. The molecule has 0 spiro atoms. The summed E-state index contributed by atoms with van der Waals surface area (Å²) in [5.74, 6) is 0.818. The average molecular weight is 407 g/mol. The number of carbonyl (C=O) groups excluding carboxylic acids is 1. The zero-order valence-corrected chi connectivity index (χ0v) is 17.0. The second-order valence-corrected chi connectivity index (χ2v) is 8.76. The van der Waals surface area contributed by atoms with Crippen LogP contribution in [-0.2, 0) is 17.6 Å². The van der Waals surface area contributed by atoms with Gasteiger partial charge in [-0.1, -0.05) is 25.3 Å². The summed E-state index contributed by atoms with van der Waals surface area (Å²) in [4.78, 5) is 19.5. The molecule has 6 heteroatoms. The fourth-order valence-corrected chi connectivity index (χ4v) is 4.63. The Morgan fingerprint density at radius 2 is 2.13 bits per heavy atom. The molecule has 2 aliphatic rings. The van der Waals surface area contributed by atoms with Crippen LogP contribution in [0.5, 0.6) is 0 Å². The van der Waals surface area contributed by atoms with Gasteiger partial charge in [-0.05, 0) is 60.1 Å². The summed E-state index contributed by atoms with van der Waals surface area (Å²) in [5.41, 5.74) is 12.2. The third-order valence-electron chi connectivity index (χ3n) is 6.49. The van der Waals surface area contributed by atoms with Gasteiger partial charge >= 0.3 is 0 Å². The van der Waals surface area contributed by atoms with Crippen molar-refractivity contribution >= 4 is 28.2 Å². The van der Waals surface area contributed by atoms with Gasteiger partial charge < -0.3 is 16.0 Å². The number of halogens is 1. The predicted molar refractivity (Wildman–Crippen MR) is 117 cm³/mol. The minimum Gasteiger partial charge on any atom is -0.398 e. The van der Waals surface area contributed by atoms with Crippen LogP contribution in [0.15, 0.2) is 30.6 Å². The maximum atomic E-state index is 13.9. The van der Waals surface area contributed by atoms with E-state index >= 15 is 0 Å². The second-order valence-electron chi connectivity index (χ2n) is 8.76. The molecule has 4 N–H and O–H groups in total. The normalized spacial score (nSPS) is 18.0. The van der Waals surface area contributed by atoms with Crippen LogP contribution in [-0.4, -0.2) is 15.8 Å². The van der Waals surface area contributed by atoms with E-state index in [0.29, 0.717) is 29.6 Å². The van der Waals surface area contributed by atoms with Crippen LogP contribution in [0.3, 0.4) is 0 Å². The first-order valence-corrected chi connectivity index (χ1v) is 10.9. The van der Waals surface area contributed by atoms with Crippen LogP contribution in [0.25, 0.3) is 11.0 Å². The van der Waals surface area contributed by atoms with E-state index in [1.807, 2.05) is 6.07 Å². The molecule has 5 rings (SSSR count). The lowest BCUT2D eigenvalue weighted by Gasteiger charge is -2.17. The highest BCUT2D eigenvalue weighted by molar-refractivity contribution is 5.88. The first kappa shape index (κ1) is 19.1. The van der Waals surface area contributed by atoms with Crippen molar-refractivity contribution in [3.63, 3.8) is 0 Å². The van der Waals surface area contributed by atoms with Crippen LogP contribution in [0, 0.1) is 11.7 Å². The molecular weight excluding hydrogens is 379 g/mol. The molecule has 0 bridgehead atoms. The largest absolute Gasteiger partial charge is 0.398 e. The number of ketones is 1. The highest BCUT2D eigenvalue weighted by atomic mass is 19.1. The number of fused-ring (bicyclic) bond motifs is 2. The molecule has 5 nitrogen and oxygen atoms in total. The average Bonchev–Trinajstić information content (AvgIpc) is 3.26. The zero-order valence-electron chi connectivity index (χ0n) is 17.0. The molecule has 30 heavy (non-hydrogen) atoms. The van der Waals surface area contributed by atoms with Gasteiger partial charge in [0.1, 0.15) is 11.3 Å². The summed E-state index contributed by atoms with van der Waals surface area (Å²) >= 11 is 0. The predicted octanol–water partition coefficient (Wildman–Crippen LogP) is 5.08. The number of imidazole rings is 1. The Bertz CT molecular complexity index is 1100. The Morgan fingerprint density at radius 1 is 1.27 bits per heavy atom. The van der Waals surface area contributed by atoms with Crippen LogP contribution in [0.2, 0.25) is 0 Å². The Hall–Kier alpha value is -2.89. The number of carbonyl (C=O) groups is 1. The van der Waals surface area contributed by atoms with Gasteiger partial charge in [-0.15, -0.1) is 0 Å². The van der Waals surface area contributed by atoms with Gasteiger partial charge in [0, 0.05) is 18.5 Å². The summed E-state index contributed by atoms with van der Waals surface area (Å²) in [6.45, 7) is 0. The number of nitrogens with zero attached hydrogens (tertiary/aromatic N) is 1. The van der Waals surface area contributed by atoms with Crippen molar-refractivity contribution in [1.29, 1.82) is 0 Å². The third kappa shape index (κ3) is 3.78. The highest BCUT2D eigenvalue weighted by Crippen LogP contribution is 2.38. The van der Waals surface area contributed by atoms with E-state index in [2.05, 4.69) is 21.4 Å². The Morgan fingerprint density at radius 3 is 2.97 bits per heavy atom. The standard InChI is InChI=1S/C24H27FN4O/c25-19-7-9-22(24-23(19)27-13-28-24)29-21-8-6-15-10-16(20(26)12-18(15)21)11-17(30)3-1-2-14-4-5-14/h7,9-10,12-14,21,29H,1-6,8,11,26H2,(H,27,28). The molecule has 1 aromatic heterocycles. The van der Waals surface area contributed by atoms with Gasteiger partial charge in [-0.3, -0.25) is 4.79 Å². The molecule has 156 valence electrons. The van der Waals surface area contributed by atoms with Crippen molar-refractivity contribution in [1.82, 2.24) is 9.97 Å². The molecule has 1 atom stereocenters.